The van der Waals surface area contributed by atoms with Crippen molar-refractivity contribution in [1.82, 2.24) is 20.3 Å². The largest absolute Gasteiger partial charge is 0.305 e. The lowest BCUT2D eigenvalue weighted by molar-refractivity contribution is 0.538. The fraction of sp³-hybridized carbons (Fsp3) is 0.455. The van der Waals surface area contributed by atoms with Gasteiger partial charge in [-0.05, 0) is 40.8 Å². The molecule has 1 N–H and O–H groups in total. The minimum Gasteiger partial charge on any atom is -0.305 e. The minimum atomic E-state index is 0.157. The number of thiophene rings is 1. The quantitative estimate of drug-likeness (QED) is 0.922. The number of rotatable bonds is 5. The zero-order valence-electron chi connectivity index (χ0n) is 9.85. The van der Waals surface area contributed by atoms with Gasteiger partial charge in [0.25, 0.3) is 0 Å². The molecule has 2 aromatic heterocycles. The highest BCUT2D eigenvalue weighted by Crippen LogP contribution is 2.32. The zero-order valence-corrected chi connectivity index (χ0v) is 12.3. The van der Waals surface area contributed by atoms with Crippen LogP contribution in [0.15, 0.2) is 22.1 Å². The molecular weight excluding hydrogens is 300 g/mol. The zero-order chi connectivity index (χ0) is 12.3. The Hall–Kier alpha value is -0.720. The third-order valence-electron chi connectivity index (χ3n) is 2.56. The summed E-state index contributed by atoms with van der Waals surface area (Å²) in [5.74, 6) is 0. The van der Waals surface area contributed by atoms with Crippen molar-refractivity contribution in [3.63, 3.8) is 0 Å². The summed E-state index contributed by atoms with van der Waals surface area (Å²) in [6.45, 7) is 5.92. The highest BCUT2D eigenvalue weighted by molar-refractivity contribution is 9.10. The molecule has 0 aromatic carbocycles. The second-order valence-corrected chi connectivity index (χ2v) is 5.40. The van der Waals surface area contributed by atoms with Gasteiger partial charge in [-0.3, -0.25) is 0 Å². The summed E-state index contributed by atoms with van der Waals surface area (Å²) in [5.41, 5.74) is 1.11. The summed E-state index contributed by atoms with van der Waals surface area (Å²) in [6, 6.07) is 2.23. The maximum atomic E-state index is 4.09. The molecular formula is C11H15BrN4S. The average molecular weight is 315 g/mol. The number of hydrogen-bond donors (Lipinski definition) is 1. The van der Waals surface area contributed by atoms with Gasteiger partial charge in [-0.15, -0.1) is 16.4 Å². The first-order valence-corrected chi connectivity index (χ1v) is 7.29. The van der Waals surface area contributed by atoms with Gasteiger partial charge in [0.15, 0.2) is 0 Å². The molecule has 0 spiro atoms. The average Bonchev–Trinajstić information content (AvgIpc) is 2.94. The molecule has 2 aromatic rings. The van der Waals surface area contributed by atoms with E-state index in [1.807, 2.05) is 10.9 Å². The van der Waals surface area contributed by atoms with Gasteiger partial charge in [-0.25, -0.2) is 4.68 Å². The molecule has 0 saturated heterocycles. The fourth-order valence-electron chi connectivity index (χ4n) is 1.78. The van der Waals surface area contributed by atoms with Crippen LogP contribution in [-0.2, 0) is 6.54 Å². The number of halogens is 1. The van der Waals surface area contributed by atoms with Crippen molar-refractivity contribution in [3.05, 3.63) is 32.7 Å². The SMILES string of the molecule is CCNC(c1sccc1Br)c1cnnn1CC. The molecule has 1 unspecified atom stereocenters. The van der Waals surface area contributed by atoms with Crippen molar-refractivity contribution < 1.29 is 0 Å². The Balaban J connectivity index is 2.39. The normalized spacial score (nSPS) is 12.9. The van der Waals surface area contributed by atoms with E-state index in [1.165, 1.54) is 4.88 Å². The predicted octanol–water partition coefficient (Wildman–Crippen LogP) is 2.82. The molecule has 0 aliphatic heterocycles. The molecule has 0 bridgehead atoms. The highest BCUT2D eigenvalue weighted by Gasteiger charge is 2.21. The number of aryl methyl sites for hydroxylation is 1. The smallest absolute Gasteiger partial charge is 0.0869 e. The lowest BCUT2D eigenvalue weighted by atomic mass is 10.2. The molecule has 2 heterocycles. The standard InChI is InChI=1S/C11H15BrN4S/c1-3-13-10(11-8(12)5-6-17-11)9-7-14-15-16(9)4-2/h5-7,10,13H,3-4H2,1-2H3. The topological polar surface area (TPSA) is 42.7 Å². The summed E-state index contributed by atoms with van der Waals surface area (Å²) in [4.78, 5) is 1.27. The minimum absolute atomic E-state index is 0.157. The van der Waals surface area contributed by atoms with Crippen molar-refractivity contribution in [1.29, 1.82) is 0 Å². The number of aromatic nitrogens is 3. The summed E-state index contributed by atoms with van der Waals surface area (Å²) in [6.07, 6.45) is 1.84. The van der Waals surface area contributed by atoms with E-state index >= 15 is 0 Å². The van der Waals surface area contributed by atoms with Crippen molar-refractivity contribution in [2.24, 2.45) is 0 Å². The molecule has 2 rings (SSSR count). The molecule has 0 radical (unpaired) electrons. The van der Waals surface area contributed by atoms with Gasteiger partial charge in [-0.1, -0.05) is 12.1 Å². The van der Waals surface area contributed by atoms with E-state index in [2.05, 4.69) is 56.9 Å². The van der Waals surface area contributed by atoms with Crippen LogP contribution >= 0.6 is 27.3 Å². The maximum Gasteiger partial charge on any atom is 0.0869 e. The van der Waals surface area contributed by atoms with Crippen LogP contribution in [0.25, 0.3) is 0 Å². The number of nitrogens with zero attached hydrogens (tertiary/aromatic N) is 3. The van der Waals surface area contributed by atoms with E-state index in [0.29, 0.717) is 0 Å². The van der Waals surface area contributed by atoms with Crippen LogP contribution in [0.4, 0.5) is 0 Å². The van der Waals surface area contributed by atoms with Crippen LogP contribution in [-0.4, -0.2) is 21.5 Å². The Morgan fingerprint density at radius 2 is 2.35 bits per heavy atom. The molecule has 0 aliphatic carbocycles. The molecule has 1 atom stereocenters. The lowest BCUT2D eigenvalue weighted by Gasteiger charge is -2.17. The Kier molecular flexibility index (Phi) is 4.31. The van der Waals surface area contributed by atoms with E-state index in [-0.39, 0.29) is 6.04 Å². The van der Waals surface area contributed by atoms with Gasteiger partial charge in [0, 0.05) is 15.9 Å². The second-order valence-electron chi connectivity index (χ2n) is 3.60. The van der Waals surface area contributed by atoms with Crippen LogP contribution in [0.3, 0.4) is 0 Å². The summed E-state index contributed by atoms with van der Waals surface area (Å²) < 4.78 is 3.07. The molecule has 0 saturated carbocycles. The molecule has 0 amide bonds. The van der Waals surface area contributed by atoms with Gasteiger partial charge in [0.05, 0.1) is 17.9 Å². The second kappa shape index (κ2) is 5.75. The van der Waals surface area contributed by atoms with E-state index in [1.54, 1.807) is 11.3 Å². The van der Waals surface area contributed by atoms with Gasteiger partial charge >= 0.3 is 0 Å². The Morgan fingerprint density at radius 3 is 2.94 bits per heavy atom. The van der Waals surface area contributed by atoms with Crippen LogP contribution in [0.5, 0.6) is 0 Å². The van der Waals surface area contributed by atoms with Gasteiger partial charge in [0.2, 0.25) is 0 Å². The van der Waals surface area contributed by atoms with E-state index in [0.717, 1.165) is 23.3 Å². The van der Waals surface area contributed by atoms with Gasteiger partial charge < -0.3 is 5.32 Å². The Morgan fingerprint density at radius 1 is 1.53 bits per heavy atom. The molecule has 92 valence electrons. The molecule has 0 aliphatic rings. The first kappa shape index (κ1) is 12.7. The Bertz CT molecular complexity index is 479. The number of hydrogen-bond acceptors (Lipinski definition) is 4. The maximum absolute atomic E-state index is 4.09. The molecule has 17 heavy (non-hydrogen) atoms. The van der Waals surface area contributed by atoms with Crippen LogP contribution in [0.2, 0.25) is 0 Å². The molecule has 4 nitrogen and oxygen atoms in total. The first-order chi connectivity index (χ1) is 8.27. The summed E-state index contributed by atoms with van der Waals surface area (Å²) in [5, 5.41) is 13.7. The van der Waals surface area contributed by atoms with Crippen LogP contribution in [0.1, 0.15) is 30.5 Å². The monoisotopic (exact) mass is 314 g/mol. The molecule has 0 fully saturated rings. The van der Waals surface area contributed by atoms with Gasteiger partial charge in [-0.2, -0.15) is 0 Å². The van der Waals surface area contributed by atoms with Crippen molar-refractivity contribution >= 4 is 27.3 Å². The summed E-state index contributed by atoms with van der Waals surface area (Å²) >= 11 is 5.33. The van der Waals surface area contributed by atoms with Crippen LogP contribution < -0.4 is 5.32 Å². The number of nitrogens with one attached hydrogen (secondary N) is 1. The van der Waals surface area contributed by atoms with E-state index in [9.17, 15) is 0 Å². The van der Waals surface area contributed by atoms with E-state index < -0.39 is 0 Å². The van der Waals surface area contributed by atoms with Crippen molar-refractivity contribution in [2.75, 3.05) is 6.54 Å². The highest BCUT2D eigenvalue weighted by atomic mass is 79.9. The summed E-state index contributed by atoms with van der Waals surface area (Å²) in [7, 11) is 0. The van der Waals surface area contributed by atoms with Gasteiger partial charge in [0.1, 0.15) is 0 Å². The third kappa shape index (κ3) is 2.59. The fourth-order valence-corrected chi connectivity index (χ4v) is 3.47. The lowest BCUT2D eigenvalue weighted by Crippen LogP contribution is -2.24. The molecule has 6 heteroatoms. The third-order valence-corrected chi connectivity index (χ3v) is 4.49. The predicted molar refractivity (Wildman–Crippen MR) is 73.2 cm³/mol. The Labute approximate surface area is 113 Å². The van der Waals surface area contributed by atoms with Crippen LogP contribution in [0, 0.1) is 0 Å². The van der Waals surface area contributed by atoms with Crippen molar-refractivity contribution in [2.45, 2.75) is 26.4 Å². The first-order valence-electron chi connectivity index (χ1n) is 5.62. The van der Waals surface area contributed by atoms with Crippen molar-refractivity contribution in [3.8, 4) is 0 Å². The van der Waals surface area contributed by atoms with E-state index in [4.69, 9.17) is 0 Å².